The highest BCUT2D eigenvalue weighted by atomic mass is 32.2. The van der Waals surface area contributed by atoms with E-state index in [0.29, 0.717) is 26.2 Å². The van der Waals surface area contributed by atoms with Crippen LogP contribution < -0.4 is 4.90 Å². The first kappa shape index (κ1) is 24.1. The van der Waals surface area contributed by atoms with Gasteiger partial charge in [-0.1, -0.05) is 24.3 Å². The molecular weight excluding hydrogens is 506 g/mol. The summed E-state index contributed by atoms with van der Waals surface area (Å²) in [5.74, 6) is 0.947. The van der Waals surface area contributed by atoms with E-state index >= 15 is 0 Å². The van der Waals surface area contributed by atoms with Crippen LogP contribution in [0.4, 0.5) is 5.69 Å². The first-order valence-electron chi connectivity index (χ1n) is 12.4. The number of aromatic nitrogens is 2. The third-order valence-electron chi connectivity index (χ3n) is 7.33. The Morgan fingerprint density at radius 2 is 1.76 bits per heavy atom. The highest BCUT2D eigenvalue weighted by molar-refractivity contribution is 7.88. The molecule has 2 aliphatic rings. The molecule has 0 unspecified atom stereocenters. The minimum atomic E-state index is -3.22. The lowest BCUT2D eigenvalue weighted by Gasteiger charge is -2.33. The lowest BCUT2D eigenvalue weighted by atomic mass is 10.1. The summed E-state index contributed by atoms with van der Waals surface area (Å²) in [6.07, 6.45) is 2.11. The number of thiophene rings is 1. The summed E-state index contributed by atoms with van der Waals surface area (Å²) in [6, 6.07) is 18.7. The highest BCUT2D eigenvalue weighted by Gasteiger charge is 2.29. The van der Waals surface area contributed by atoms with Gasteiger partial charge in [-0.3, -0.25) is 4.79 Å². The van der Waals surface area contributed by atoms with Crippen LogP contribution in [0.15, 0.2) is 54.6 Å². The van der Waals surface area contributed by atoms with Gasteiger partial charge in [0.05, 0.1) is 22.2 Å². The van der Waals surface area contributed by atoms with Crippen molar-refractivity contribution in [2.45, 2.75) is 13.0 Å². The fraction of sp³-hybridized carbons (Fsp3) is 0.333. The van der Waals surface area contributed by atoms with Crippen molar-refractivity contribution < 1.29 is 13.2 Å². The first-order chi connectivity index (χ1) is 17.8. The maximum absolute atomic E-state index is 13.2. The Bertz CT molecular complexity index is 1600. The Balaban J connectivity index is 1.19. The number of carbonyl (C=O) groups is 1. The molecule has 2 aromatic heterocycles. The molecule has 4 aromatic rings. The van der Waals surface area contributed by atoms with Gasteiger partial charge in [0.1, 0.15) is 5.82 Å². The number of hydrogen-bond acceptors (Lipinski definition) is 6. The van der Waals surface area contributed by atoms with Crippen LogP contribution in [0.2, 0.25) is 0 Å². The second-order valence-electron chi connectivity index (χ2n) is 9.72. The number of fused-ring (bicyclic) bond motifs is 2. The molecule has 0 aliphatic carbocycles. The minimum Gasteiger partial charge on any atom is -0.367 e. The summed E-state index contributed by atoms with van der Waals surface area (Å²) in [5, 5.41) is 0. The monoisotopic (exact) mass is 535 g/mol. The van der Waals surface area contributed by atoms with Gasteiger partial charge in [-0.2, -0.15) is 4.31 Å². The van der Waals surface area contributed by atoms with Crippen LogP contribution in [0.3, 0.4) is 0 Å². The second-order valence-corrected chi connectivity index (χ2v) is 12.8. The molecular formula is C27H29N5O3S2. The van der Waals surface area contributed by atoms with Crippen molar-refractivity contribution in [3.63, 3.8) is 0 Å². The molecule has 1 amide bonds. The van der Waals surface area contributed by atoms with Gasteiger partial charge in [-0.15, -0.1) is 11.3 Å². The van der Waals surface area contributed by atoms with Crippen molar-refractivity contribution in [3.8, 4) is 11.4 Å². The summed E-state index contributed by atoms with van der Waals surface area (Å²) in [5.41, 5.74) is 5.52. The average molecular weight is 536 g/mol. The van der Waals surface area contributed by atoms with E-state index in [1.165, 1.54) is 21.0 Å². The summed E-state index contributed by atoms with van der Waals surface area (Å²) in [6.45, 7) is 3.20. The van der Waals surface area contributed by atoms with E-state index in [9.17, 15) is 13.2 Å². The molecule has 10 heteroatoms. The number of benzene rings is 2. The molecule has 1 saturated heterocycles. The van der Waals surface area contributed by atoms with Crippen LogP contribution in [-0.2, 0) is 30.0 Å². The molecule has 8 nitrogen and oxygen atoms in total. The van der Waals surface area contributed by atoms with Crippen LogP contribution in [0.5, 0.6) is 0 Å². The van der Waals surface area contributed by atoms with E-state index in [0.717, 1.165) is 52.5 Å². The van der Waals surface area contributed by atoms with Gasteiger partial charge < -0.3 is 14.4 Å². The van der Waals surface area contributed by atoms with Crippen molar-refractivity contribution in [2.24, 2.45) is 7.05 Å². The number of imidazole rings is 1. The van der Waals surface area contributed by atoms with Gasteiger partial charge in [0.2, 0.25) is 10.0 Å². The van der Waals surface area contributed by atoms with Crippen molar-refractivity contribution in [1.82, 2.24) is 18.8 Å². The number of aryl methyl sites for hydroxylation is 1. The Morgan fingerprint density at radius 3 is 2.51 bits per heavy atom. The largest absolute Gasteiger partial charge is 0.367 e. The van der Waals surface area contributed by atoms with Gasteiger partial charge in [0, 0.05) is 62.4 Å². The molecule has 0 saturated carbocycles. The number of anilines is 1. The van der Waals surface area contributed by atoms with Gasteiger partial charge in [-0.05, 0) is 42.3 Å². The predicted octanol–water partition coefficient (Wildman–Crippen LogP) is 3.58. The molecule has 1 fully saturated rings. The molecule has 192 valence electrons. The van der Waals surface area contributed by atoms with Crippen molar-refractivity contribution in [1.29, 1.82) is 0 Å². The molecule has 0 N–H and O–H groups in total. The maximum atomic E-state index is 13.2. The Morgan fingerprint density at radius 1 is 0.973 bits per heavy atom. The predicted molar refractivity (Wildman–Crippen MR) is 148 cm³/mol. The zero-order chi connectivity index (χ0) is 25.7. The average Bonchev–Trinajstić information content (AvgIpc) is 3.49. The number of nitrogens with zero attached hydrogens (tertiary/aromatic N) is 5. The molecule has 2 aliphatic heterocycles. The third kappa shape index (κ3) is 4.54. The number of piperazine rings is 1. The van der Waals surface area contributed by atoms with Gasteiger partial charge in [0.15, 0.2) is 0 Å². The number of amides is 1. The topological polar surface area (TPSA) is 78.8 Å². The lowest BCUT2D eigenvalue weighted by Crippen LogP contribution is -2.50. The molecule has 4 heterocycles. The Hall–Kier alpha value is -3.21. The van der Waals surface area contributed by atoms with Crippen molar-refractivity contribution in [2.75, 3.05) is 43.9 Å². The maximum Gasteiger partial charge on any atom is 0.264 e. The second kappa shape index (κ2) is 9.27. The molecule has 37 heavy (non-hydrogen) atoms. The Labute approximate surface area is 220 Å². The first-order valence-corrected chi connectivity index (χ1v) is 15.1. The van der Waals surface area contributed by atoms with Crippen LogP contribution in [0, 0.1) is 0 Å². The minimum absolute atomic E-state index is 0.00273. The zero-order valence-corrected chi connectivity index (χ0v) is 22.6. The van der Waals surface area contributed by atoms with Crippen LogP contribution in [0.1, 0.15) is 20.1 Å². The SMILES string of the molecule is Cn1c(-c2cccc(N3CCc4sc(C(=O)N5CCN(S(C)(=O)=O)CC5)cc4C3)c2)nc2ccccc21. The standard InChI is InChI=1S/C27H29N5O3S2/c1-29-23-9-4-3-8-22(23)28-26(29)19-6-5-7-21(16-19)31-11-10-24-20(18-31)17-25(36-24)27(33)30-12-14-32(15-13-30)37(2,34)35/h3-9,16-17H,10-15,18H2,1-2H3. The molecule has 0 radical (unpaired) electrons. The number of para-hydroxylation sites is 2. The quantitative estimate of drug-likeness (QED) is 0.399. The fourth-order valence-corrected chi connectivity index (χ4v) is 7.24. The normalized spacial score (nSPS) is 16.8. The number of rotatable bonds is 4. The fourth-order valence-electron chi connectivity index (χ4n) is 5.28. The summed E-state index contributed by atoms with van der Waals surface area (Å²) < 4.78 is 27.1. The molecule has 0 spiro atoms. The molecule has 0 bridgehead atoms. The van der Waals surface area contributed by atoms with Crippen molar-refractivity contribution in [3.05, 3.63) is 69.9 Å². The van der Waals surface area contributed by atoms with E-state index in [1.54, 1.807) is 16.2 Å². The van der Waals surface area contributed by atoms with E-state index in [-0.39, 0.29) is 5.91 Å². The molecule has 0 atom stereocenters. The van der Waals surface area contributed by atoms with Crippen LogP contribution in [-0.4, -0.2) is 72.1 Å². The number of carbonyl (C=O) groups excluding carboxylic acids is 1. The van der Waals surface area contributed by atoms with E-state index in [1.807, 2.05) is 24.3 Å². The van der Waals surface area contributed by atoms with Crippen LogP contribution >= 0.6 is 11.3 Å². The smallest absolute Gasteiger partial charge is 0.264 e. The molecule has 6 rings (SSSR count). The number of hydrogen-bond donors (Lipinski definition) is 0. The van der Waals surface area contributed by atoms with E-state index in [4.69, 9.17) is 4.98 Å². The number of sulfonamides is 1. The van der Waals surface area contributed by atoms with Crippen molar-refractivity contribution >= 4 is 44.0 Å². The van der Waals surface area contributed by atoms with Gasteiger partial charge in [-0.25, -0.2) is 13.4 Å². The summed E-state index contributed by atoms with van der Waals surface area (Å²) in [7, 11) is -1.17. The van der Waals surface area contributed by atoms with Gasteiger partial charge in [0.25, 0.3) is 5.91 Å². The van der Waals surface area contributed by atoms with Gasteiger partial charge >= 0.3 is 0 Å². The Kier molecular flexibility index (Phi) is 6.05. The summed E-state index contributed by atoms with van der Waals surface area (Å²) in [4.78, 5) is 24.2. The highest BCUT2D eigenvalue weighted by Crippen LogP contribution is 2.33. The zero-order valence-electron chi connectivity index (χ0n) is 20.9. The summed E-state index contributed by atoms with van der Waals surface area (Å²) >= 11 is 1.58. The van der Waals surface area contributed by atoms with E-state index < -0.39 is 10.0 Å². The van der Waals surface area contributed by atoms with E-state index in [2.05, 4.69) is 46.8 Å². The third-order valence-corrected chi connectivity index (χ3v) is 9.86. The lowest BCUT2D eigenvalue weighted by molar-refractivity contribution is 0.0703. The molecule has 2 aromatic carbocycles. The van der Waals surface area contributed by atoms with Crippen LogP contribution in [0.25, 0.3) is 22.4 Å².